The number of unbranched alkanes of at least 4 members (excludes halogenated alkanes) is 1. The summed E-state index contributed by atoms with van der Waals surface area (Å²) in [5.74, 6) is -3.09. The fraction of sp³-hybridized carbons (Fsp3) is 0.111. The lowest BCUT2D eigenvalue weighted by Crippen LogP contribution is -2.20. The monoisotopic (exact) mass is 614 g/mol. The third kappa shape index (κ3) is 5.96. The lowest BCUT2D eigenvalue weighted by Gasteiger charge is -2.14. The number of anilines is 2. The van der Waals surface area contributed by atoms with Crippen molar-refractivity contribution in [2.45, 2.75) is 25.9 Å². The summed E-state index contributed by atoms with van der Waals surface area (Å²) in [5.41, 5.74) is 3.01. The molecule has 0 radical (unpaired) electrons. The standard InChI is InChI=1S/C36H30N4O6/c41-33(37-27-15-5-3-13-25(27)35(43)44)31-21-23-11-1-7-17-29(23)39(31)19-9-10-20-40-30-18-8-2-12-24(30)22-32(40)34(42)38-28-16-6-4-14-26(28)36(45)46/h1-8,11-18,21-22H,9-10,19-20H2,(H,37,41)(H,38,42)(H,43,44)(H,45,46). The number of carbonyl (C=O) groups excluding carboxylic acids is 2. The third-order valence-electron chi connectivity index (χ3n) is 7.91. The number of hydrogen-bond donors (Lipinski definition) is 4. The first kappa shape index (κ1) is 29.9. The summed E-state index contributed by atoms with van der Waals surface area (Å²) in [7, 11) is 0. The van der Waals surface area contributed by atoms with Crippen LogP contribution in [0.15, 0.2) is 109 Å². The number of aryl methyl sites for hydroxylation is 2. The van der Waals surface area contributed by atoms with E-state index in [1.165, 1.54) is 12.1 Å². The Morgan fingerprint density at radius 1 is 0.522 bits per heavy atom. The Morgan fingerprint density at radius 2 is 0.891 bits per heavy atom. The van der Waals surface area contributed by atoms with Crippen molar-refractivity contribution in [1.29, 1.82) is 0 Å². The van der Waals surface area contributed by atoms with E-state index in [2.05, 4.69) is 10.6 Å². The van der Waals surface area contributed by atoms with Crippen molar-refractivity contribution in [3.63, 3.8) is 0 Å². The Balaban J connectivity index is 1.22. The van der Waals surface area contributed by atoms with Crippen LogP contribution < -0.4 is 10.6 Å². The number of aromatic nitrogens is 2. The summed E-state index contributed by atoms with van der Waals surface area (Å²) in [6, 6.07) is 31.5. The highest BCUT2D eigenvalue weighted by atomic mass is 16.4. The Bertz CT molecular complexity index is 1970. The van der Waals surface area contributed by atoms with Crippen LogP contribution in [0.3, 0.4) is 0 Å². The Morgan fingerprint density at radius 3 is 1.30 bits per heavy atom. The molecular formula is C36H30N4O6. The highest BCUT2D eigenvalue weighted by Gasteiger charge is 2.20. The van der Waals surface area contributed by atoms with Gasteiger partial charge in [0.15, 0.2) is 0 Å². The molecule has 6 rings (SSSR count). The van der Waals surface area contributed by atoms with E-state index in [1.807, 2.05) is 57.7 Å². The number of fused-ring (bicyclic) bond motifs is 2. The van der Waals surface area contributed by atoms with E-state index in [1.54, 1.807) is 48.5 Å². The first-order valence-electron chi connectivity index (χ1n) is 14.8. The topological polar surface area (TPSA) is 143 Å². The van der Waals surface area contributed by atoms with E-state index < -0.39 is 23.8 Å². The fourth-order valence-corrected chi connectivity index (χ4v) is 5.75. The van der Waals surface area contributed by atoms with Crippen molar-refractivity contribution in [1.82, 2.24) is 9.13 Å². The van der Waals surface area contributed by atoms with E-state index in [-0.39, 0.29) is 22.5 Å². The first-order valence-corrected chi connectivity index (χ1v) is 14.8. The molecule has 2 heterocycles. The van der Waals surface area contributed by atoms with Crippen LogP contribution in [-0.2, 0) is 13.1 Å². The molecule has 2 aromatic heterocycles. The number of hydrogen-bond acceptors (Lipinski definition) is 4. The smallest absolute Gasteiger partial charge is 0.337 e. The number of para-hydroxylation sites is 4. The minimum atomic E-state index is -1.13. The second kappa shape index (κ2) is 12.8. The number of nitrogens with zero attached hydrogens (tertiary/aromatic N) is 2. The van der Waals surface area contributed by atoms with Gasteiger partial charge in [-0.25, -0.2) is 9.59 Å². The summed E-state index contributed by atoms with van der Waals surface area (Å²) in [5, 5.41) is 26.4. The van der Waals surface area contributed by atoms with E-state index >= 15 is 0 Å². The molecule has 0 bridgehead atoms. The average molecular weight is 615 g/mol. The van der Waals surface area contributed by atoms with Gasteiger partial charge in [-0.1, -0.05) is 60.7 Å². The number of carboxylic acid groups (broad SMARTS) is 2. The number of carbonyl (C=O) groups is 4. The minimum Gasteiger partial charge on any atom is -0.478 e. The highest BCUT2D eigenvalue weighted by Crippen LogP contribution is 2.25. The number of benzene rings is 4. The van der Waals surface area contributed by atoms with Crippen molar-refractivity contribution in [2.24, 2.45) is 0 Å². The van der Waals surface area contributed by atoms with Crippen molar-refractivity contribution in [3.05, 3.63) is 132 Å². The first-order chi connectivity index (χ1) is 22.3. The molecular weight excluding hydrogens is 584 g/mol. The number of amides is 2. The molecule has 230 valence electrons. The Hall–Kier alpha value is -6.16. The lowest BCUT2D eigenvalue weighted by atomic mass is 10.1. The van der Waals surface area contributed by atoms with Crippen LogP contribution in [-0.4, -0.2) is 43.1 Å². The molecule has 4 aromatic carbocycles. The van der Waals surface area contributed by atoms with Gasteiger partial charge in [0, 0.05) is 34.9 Å². The average Bonchev–Trinajstić information content (AvgIpc) is 3.62. The van der Waals surface area contributed by atoms with E-state index in [9.17, 15) is 29.4 Å². The normalized spacial score (nSPS) is 11.0. The number of rotatable bonds is 11. The summed E-state index contributed by atoms with van der Waals surface area (Å²) in [6.45, 7) is 1.01. The minimum absolute atomic E-state index is 0.00347. The van der Waals surface area contributed by atoms with Gasteiger partial charge in [0.05, 0.1) is 22.5 Å². The predicted molar refractivity (Wildman–Crippen MR) is 176 cm³/mol. The number of carboxylic acids is 2. The van der Waals surface area contributed by atoms with Crippen LogP contribution in [0.1, 0.15) is 54.5 Å². The van der Waals surface area contributed by atoms with Gasteiger partial charge in [0.1, 0.15) is 11.4 Å². The van der Waals surface area contributed by atoms with Crippen LogP contribution in [0.4, 0.5) is 11.4 Å². The van der Waals surface area contributed by atoms with Gasteiger partial charge in [0.2, 0.25) is 0 Å². The van der Waals surface area contributed by atoms with E-state index in [0.29, 0.717) is 37.3 Å². The van der Waals surface area contributed by atoms with Gasteiger partial charge in [0.25, 0.3) is 11.8 Å². The Kier molecular flexibility index (Phi) is 8.34. The molecule has 10 heteroatoms. The van der Waals surface area contributed by atoms with Gasteiger partial charge in [-0.2, -0.15) is 0 Å². The molecule has 0 saturated carbocycles. The quantitative estimate of drug-likeness (QED) is 0.116. The number of nitrogens with one attached hydrogen (secondary N) is 2. The molecule has 0 aliphatic carbocycles. The molecule has 10 nitrogen and oxygen atoms in total. The molecule has 0 atom stereocenters. The largest absolute Gasteiger partial charge is 0.478 e. The van der Waals surface area contributed by atoms with Crippen LogP contribution in [0.2, 0.25) is 0 Å². The molecule has 0 aliphatic rings. The summed E-state index contributed by atoms with van der Waals surface area (Å²) < 4.78 is 3.86. The van der Waals surface area contributed by atoms with Crippen LogP contribution in [0.25, 0.3) is 21.8 Å². The Labute approximate surface area is 263 Å². The molecule has 6 aromatic rings. The second-order valence-electron chi connectivity index (χ2n) is 10.8. The maximum Gasteiger partial charge on any atom is 0.337 e. The predicted octanol–water partition coefficient (Wildman–Crippen LogP) is 6.98. The van der Waals surface area contributed by atoms with Crippen LogP contribution >= 0.6 is 0 Å². The molecule has 0 spiro atoms. The van der Waals surface area contributed by atoms with Gasteiger partial charge < -0.3 is 30.0 Å². The van der Waals surface area contributed by atoms with E-state index in [0.717, 1.165) is 21.8 Å². The number of aromatic carboxylic acids is 2. The molecule has 4 N–H and O–H groups in total. The lowest BCUT2D eigenvalue weighted by molar-refractivity contribution is 0.0687. The summed E-state index contributed by atoms with van der Waals surface area (Å²) in [4.78, 5) is 50.3. The molecule has 46 heavy (non-hydrogen) atoms. The van der Waals surface area contributed by atoms with Gasteiger partial charge in [-0.15, -0.1) is 0 Å². The molecule has 0 fully saturated rings. The van der Waals surface area contributed by atoms with Crippen molar-refractivity contribution in [3.8, 4) is 0 Å². The van der Waals surface area contributed by atoms with Gasteiger partial charge in [-0.3, -0.25) is 9.59 Å². The zero-order chi connectivity index (χ0) is 32.2. The van der Waals surface area contributed by atoms with Gasteiger partial charge >= 0.3 is 11.9 Å². The molecule has 2 amide bonds. The fourth-order valence-electron chi connectivity index (χ4n) is 5.75. The van der Waals surface area contributed by atoms with Crippen LogP contribution in [0, 0.1) is 0 Å². The van der Waals surface area contributed by atoms with Crippen LogP contribution in [0.5, 0.6) is 0 Å². The van der Waals surface area contributed by atoms with Crippen molar-refractivity contribution < 1.29 is 29.4 Å². The summed E-state index contributed by atoms with van der Waals surface area (Å²) in [6.07, 6.45) is 1.33. The molecule has 0 aliphatic heterocycles. The molecule has 0 saturated heterocycles. The maximum atomic E-state index is 13.5. The zero-order valence-corrected chi connectivity index (χ0v) is 24.6. The van der Waals surface area contributed by atoms with Crippen molar-refractivity contribution in [2.75, 3.05) is 10.6 Å². The van der Waals surface area contributed by atoms with Gasteiger partial charge in [-0.05, 0) is 61.4 Å². The second-order valence-corrected chi connectivity index (χ2v) is 10.8. The molecule has 0 unspecified atom stereocenters. The van der Waals surface area contributed by atoms with E-state index in [4.69, 9.17) is 0 Å². The highest BCUT2D eigenvalue weighted by molar-refractivity contribution is 6.10. The summed E-state index contributed by atoms with van der Waals surface area (Å²) >= 11 is 0. The zero-order valence-electron chi connectivity index (χ0n) is 24.6. The maximum absolute atomic E-state index is 13.5. The SMILES string of the molecule is O=C(O)c1ccccc1NC(=O)c1cc2ccccc2n1CCCCn1c(C(=O)Nc2ccccc2C(=O)O)cc2ccccc21. The van der Waals surface area contributed by atoms with Crippen molar-refractivity contribution >= 4 is 56.9 Å². The third-order valence-corrected chi connectivity index (χ3v) is 7.91.